The van der Waals surface area contributed by atoms with Crippen molar-refractivity contribution < 1.29 is 4.79 Å². The number of carbonyl (C=O) groups excluding carboxylic acids is 1. The van der Waals surface area contributed by atoms with E-state index in [-0.39, 0.29) is 5.92 Å². The molecule has 2 atom stereocenters. The number of Topliss-reactive ketones (excluding diaryl/α,β-unsaturated/α-hetero) is 1. The normalized spacial score (nSPS) is 31.0. The molecule has 35 heavy (non-hydrogen) atoms. The summed E-state index contributed by atoms with van der Waals surface area (Å²) in [5.41, 5.74) is 1.33. The van der Waals surface area contributed by atoms with Gasteiger partial charge >= 0.3 is 0 Å². The molecule has 0 N–H and O–H groups in total. The predicted octanol–water partition coefficient (Wildman–Crippen LogP) is 4.89. The number of nitrogens with zero attached hydrogens (tertiary/aromatic N) is 5. The highest BCUT2D eigenvalue weighted by Crippen LogP contribution is 2.36. The van der Waals surface area contributed by atoms with Crippen LogP contribution in [0.4, 0.5) is 5.95 Å². The molecule has 2 bridgehead atoms. The molecule has 3 aliphatic heterocycles. The van der Waals surface area contributed by atoms with Crippen molar-refractivity contribution in [1.29, 1.82) is 0 Å². The first-order valence-electron chi connectivity index (χ1n) is 14.5. The lowest BCUT2D eigenvalue weighted by Gasteiger charge is -2.43. The summed E-state index contributed by atoms with van der Waals surface area (Å²) >= 11 is 0. The Labute approximate surface area is 212 Å². The Balaban J connectivity index is 1.10. The highest BCUT2D eigenvalue weighted by Gasteiger charge is 2.41. The Morgan fingerprint density at radius 2 is 1.43 bits per heavy atom. The van der Waals surface area contributed by atoms with Gasteiger partial charge in [-0.3, -0.25) is 9.69 Å². The van der Waals surface area contributed by atoms with E-state index in [9.17, 15) is 4.79 Å². The summed E-state index contributed by atoms with van der Waals surface area (Å²) in [5.74, 6) is 2.81. The molecular formula is C29H47N5O. The molecule has 1 aromatic heterocycles. The van der Waals surface area contributed by atoms with Gasteiger partial charge in [0.25, 0.3) is 0 Å². The molecule has 1 saturated carbocycles. The maximum atomic E-state index is 12.1. The first kappa shape index (κ1) is 25.1. The topological polar surface area (TPSA) is 52.6 Å². The molecule has 194 valence electrons. The second kappa shape index (κ2) is 10.8. The van der Waals surface area contributed by atoms with Crippen LogP contribution in [0.1, 0.15) is 97.0 Å². The van der Waals surface area contributed by atoms with Crippen molar-refractivity contribution in [3.05, 3.63) is 18.0 Å². The van der Waals surface area contributed by atoms with Crippen LogP contribution in [0.15, 0.2) is 12.4 Å². The molecule has 0 spiro atoms. The van der Waals surface area contributed by atoms with Crippen LogP contribution in [0.5, 0.6) is 0 Å². The molecule has 4 aliphatic rings. The van der Waals surface area contributed by atoms with Crippen LogP contribution in [0.2, 0.25) is 0 Å². The Kier molecular flexibility index (Phi) is 7.78. The Hall–Kier alpha value is -1.53. The average molecular weight is 482 g/mol. The third-order valence-corrected chi connectivity index (χ3v) is 9.60. The van der Waals surface area contributed by atoms with Gasteiger partial charge in [0, 0.05) is 62.0 Å². The second-order valence-electron chi connectivity index (χ2n) is 12.5. The number of likely N-dealkylation sites (tertiary alicyclic amines) is 2. The highest BCUT2D eigenvalue weighted by molar-refractivity contribution is 5.80. The van der Waals surface area contributed by atoms with Gasteiger partial charge in [-0.1, -0.05) is 13.8 Å². The number of anilines is 1. The summed E-state index contributed by atoms with van der Waals surface area (Å²) in [5, 5.41) is 0. The quantitative estimate of drug-likeness (QED) is 0.553. The van der Waals surface area contributed by atoms with Crippen LogP contribution < -0.4 is 4.90 Å². The van der Waals surface area contributed by atoms with E-state index >= 15 is 0 Å². The van der Waals surface area contributed by atoms with Crippen LogP contribution in [0.25, 0.3) is 0 Å². The molecule has 0 aromatic carbocycles. The maximum Gasteiger partial charge on any atom is 0.225 e. The largest absolute Gasteiger partial charge is 0.332 e. The van der Waals surface area contributed by atoms with E-state index in [1.54, 1.807) is 0 Å². The van der Waals surface area contributed by atoms with Crippen molar-refractivity contribution >= 4 is 11.7 Å². The van der Waals surface area contributed by atoms with Crippen molar-refractivity contribution in [1.82, 2.24) is 19.8 Å². The fourth-order valence-electron chi connectivity index (χ4n) is 7.19. The molecular weight excluding hydrogens is 434 g/mol. The van der Waals surface area contributed by atoms with Crippen molar-refractivity contribution in [2.75, 3.05) is 31.1 Å². The summed E-state index contributed by atoms with van der Waals surface area (Å²) in [7, 11) is 0. The van der Waals surface area contributed by atoms with Crippen LogP contribution in [-0.2, 0) is 4.79 Å². The zero-order chi connectivity index (χ0) is 24.5. The van der Waals surface area contributed by atoms with Gasteiger partial charge in [-0.05, 0) is 95.7 Å². The zero-order valence-corrected chi connectivity index (χ0v) is 22.5. The molecule has 0 amide bonds. The highest BCUT2D eigenvalue weighted by atomic mass is 16.1. The maximum absolute atomic E-state index is 12.1. The Morgan fingerprint density at radius 1 is 0.857 bits per heavy atom. The monoisotopic (exact) mass is 481 g/mol. The minimum atomic E-state index is 0.190. The van der Waals surface area contributed by atoms with Crippen molar-refractivity contribution in [3.63, 3.8) is 0 Å². The summed E-state index contributed by atoms with van der Waals surface area (Å²) in [4.78, 5) is 29.8. The van der Waals surface area contributed by atoms with Crippen molar-refractivity contribution in [2.45, 2.75) is 116 Å². The van der Waals surface area contributed by atoms with Gasteiger partial charge in [0.2, 0.25) is 5.95 Å². The molecule has 1 aromatic rings. The minimum Gasteiger partial charge on any atom is -0.332 e. The number of aromatic nitrogens is 2. The summed E-state index contributed by atoms with van der Waals surface area (Å²) < 4.78 is 0. The number of hydrogen-bond acceptors (Lipinski definition) is 6. The number of hydrogen-bond donors (Lipinski definition) is 0. The standard InChI is InChI=1S/C29H47N5O/c1-20(2)28(35)15-22-5-7-25(8-6-22)32-13-11-23(12-14-32)24-16-30-29(31-17-24)34-26-9-10-27(34)19-33(18-26)21(3)4/h16-17,20-23,25-27H,5-15,18-19H2,1-4H3/t22-,25+,26?,27?. The summed E-state index contributed by atoms with van der Waals surface area (Å²) in [6.45, 7) is 13.4. The van der Waals surface area contributed by atoms with Crippen LogP contribution in [0.3, 0.4) is 0 Å². The van der Waals surface area contributed by atoms with E-state index in [0.29, 0.717) is 35.7 Å². The van der Waals surface area contributed by atoms with E-state index < -0.39 is 0 Å². The SMILES string of the molecule is CC(C)C(=O)C[C@H]1CC[C@@H](N2CCC(c3cnc(N4C5CCC4CN(C(C)C)C5)nc3)CC2)CC1. The summed E-state index contributed by atoms with van der Waals surface area (Å²) in [6, 6.07) is 2.49. The molecule has 2 unspecified atom stereocenters. The van der Waals surface area contributed by atoms with E-state index in [4.69, 9.17) is 9.97 Å². The number of carbonyl (C=O) groups is 1. The van der Waals surface area contributed by atoms with Gasteiger partial charge in [0.15, 0.2) is 0 Å². The molecule has 0 radical (unpaired) electrons. The third kappa shape index (κ3) is 5.58. The van der Waals surface area contributed by atoms with Gasteiger partial charge < -0.3 is 9.80 Å². The van der Waals surface area contributed by atoms with Gasteiger partial charge in [0.05, 0.1) is 0 Å². The first-order valence-corrected chi connectivity index (χ1v) is 14.5. The number of fused-ring (bicyclic) bond motifs is 2. The third-order valence-electron chi connectivity index (χ3n) is 9.60. The number of piperidine rings is 1. The number of rotatable bonds is 7. The predicted molar refractivity (Wildman–Crippen MR) is 142 cm³/mol. The van der Waals surface area contributed by atoms with Crippen LogP contribution in [-0.4, -0.2) is 75.9 Å². The first-order chi connectivity index (χ1) is 16.9. The molecule has 4 fully saturated rings. The fourth-order valence-corrected chi connectivity index (χ4v) is 7.19. The van der Waals surface area contributed by atoms with Gasteiger partial charge in [0.1, 0.15) is 5.78 Å². The Morgan fingerprint density at radius 3 is 1.97 bits per heavy atom. The lowest BCUT2D eigenvalue weighted by Crippen LogP contribution is -2.56. The van der Waals surface area contributed by atoms with E-state index in [0.717, 1.165) is 31.5 Å². The van der Waals surface area contributed by atoms with E-state index in [1.165, 1.54) is 70.0 Å². The lowest BCUT2D eigenvalue weighted by atomic mass is 9.80. The lowest BCUT2D eigenvalue weighted by molar-refractivity contribution is -0.123. The number of ketones is 1. The summed E-state index contributed by atoms with van der Waals surface area (Å²) in [6.07, 6.45) is 15.0. The molecule has 5 rings (SSSR count). The molecule has 3 saturated heterocycles. The van der Waals surface area contributed by atoms with Crippen molar-refractivity contribution in [3.8, 4) is 0 Å². The Bertz CT molecular complexity index is 825. The molecule has 6 nitrogen and oxygen atoms in total. The van der Waals surface area contributed by atoms with Gasteiger partial charge in [-0.25, -0.2) is 9.97 Å². The van der Waals surface area contributed by atoms with Gasteiger partial charge in [-0.15, -0.1) is 0 Å². The minimum absolute atomic E-state index is 0.190. The molecule has 4 heterocycles. The molecule has 1 aliphatic carbocycles. The fraction of sp³-hybridized carbons (Fsp3) is 0.828. The zero-order valence-electron chi connectivity index (χ0n) is 22.5. The van der Waals surface area contributed by atoms with E-state index in [2.05, 4.69) is 40.9 Å². The second-order valence-corrected chi connectivity index (χ2v) is 12.5. The van der Waals surface area contributed by atoms with Crippen molar-refractivity contribution in [2.24, 2.45) is 11.8 Å². The smallest absolute Gasteiger partial charge is 0.225 e. The van der Waals surface area contributed by atoms with Gasteiger partial charge in [-0.2, -0.15) is 0 Å². The number of piperazine rings is 1. The van der Waals surface area contributed by atoms with Crippen LogP contribution >= 0.6 is 0 Å². The van der Waals surface area contributed by atoms with Crippen LogP contribution in [0, 0.1) is 11.8 Å². The molecule has 6 heteroatoms. The average Bonchev–Trinajstić information content (AvgIpc) is 3.13. The van der Waals surface area contributed by atoms with E-state index in [1.807, 2.05) is 13.8 Å².